The van der Waals surface area contributed by atoms with Crippen LogP contribution in [0.25, 0.3) is 0 Å². The van der Waals surface area contributed by atoms with E-state index in [4.69, 9.17) is 11.5 Å². The van der Waals surface area contributed by atoms with Crippen LogP contribution in [-0.2, 0) is 0 Å². The summed E-state index contributed by atoms with van der Waals surface area (Å²) in [6.45, 7) is 1.91. The molecule has 0 saturated heterocycles. The highest BCUT2D eigenvalue weighted by Crippen LogP contribution is 2.02. The van der Waals surface area contributed by atoms with Crippen molar-refractivity contribution in [1.29, 1.82) is 0 Å². The first kappa shape index (κ1) is 13.7. The van der Waals surface area contributed by atoms with Gasteiger partial charge in [-0.05, 0) is 18.6 Å². The molecule has 1 unspecified atom stereocenters. The normalized spacial score (nSPS) is 11.3. The highest BCUT2D eigenvalue weighted by molar-refractivity contribution is 5.94. The van der Waals surface area contributed by atoms with Crippen molar-refractivity contribution in [3.05, 3.63) is 29.6 Å². The predicted octanol–water partition coefficient (Wildman–Crippen LogP) is 1.31. The molecule has 5 nitrogen and oxygen atoms in total. The number of amides is 1. The Morgan fingerprint density at radius 2 is 2.17 bits per heavy atom. The van der Waals surface area contributed by atoms with Crippen molar-refractivity contribution in [2.24, 2.45) is 0 Å². The molecule has 18 heavy (non-hydrogen) atoms. The van der Waals surface area contributed by atoms with Crippen LogP contribution in [-0.4, -0.2) is 28.0 Å². The molecule has 5 heteroatoms. The third-order valence-corrected chi connectivity index (χ3v) is 2.39. The largest absolute Gasteiger partial charge is 0.477 e. The number of pyridine rings is 1. The Morgan fingerprint density at radius 1 is 1.50 bits per heavy atom. The van der Waals surface area contributed by atoms with Crippen LogP contribution in [0, 0.1) is 12.3 Å². The molecule has 0 bridgehead atoms. The van der Waals surface area contributed by atoms with Crippen molar-refractivity contribution in [1.82, 2.24) is 10.3 Å². The van der Waals surface area contributed by atoms with E-state index >= 15 is 0 Å². The first-order valence-electron chi connectivity index (χ1n) is 5.53. The number of nitrogens with one attached hydrogen (secondary N) is 1. The summed E-state index contributed by atoms with van der Waals surface area (Å²) in [7, 11) is 0. The second-order valence-electron chi connectivity index (χ2n) is 3.70. The molecule has 2 N–H and O–H groups in total. The van der Waals surface area contributed by atoms with Gasteiger partial charge in [-0.1, -0.05) is 13.0 Å². The summed E-state index contributed by atoms with van der Waals surface area (Å²) in [4.78, 5) is 26.3. The fourth-order valence-electron chi connectivity index (χ4n) is 1.38. The molecule has 94 valence electrons. The minimum atomic E-state index is -1.17. The zero-order valence-electron chi connectivity index (χ0n) is 10.0. The highest BCUT2D eigenvalue weighted by Gasteiger charge is 2.14. The molecule has 0 aliphatic heterocycles. The van der Waals surface area contributed by atoms with Crippen LogP contribution in [0.5, 0.6) is 0 Å². The summed E-state index contributed by atoms with van der Waals surface area (Å²) >= 11 is 0. The summed E-state index contributed by atoms with van der Waals surface area (Å²) in [5.41, 5.74) is -0.0852. The van der Waals surface area contributed by atoms with E-state index in [0.29, 0.717) is 12.8 Å². The van der Waals surface area contributed by atoms with E-state index in [-0.39, 0.29) is 17.4 Å². The van der Waals surface area contributed by atoms with E-state index in [1.807, 2.05) is 6.92 Å². The average Bonchev–Trinajstić information content (AvgIpc) is 2.38. The molecule has 1 atom stereocenters. The van der Waals surface area contributed by atoms with Crippen molar-refractivity contribution < 1.29 is 14.7 Å². The maximum absolute atomic E-state index is 11.8. The van der Waals surface area contributed by atoms with E-state index in [1.165, 1.54) is 18.2 Å². The topological polar surface area (TPSA) is 79.3 Å². The molecule has 1 heterocycles. The number of carbonyl (C=O) groups excluding carboxylic acids is 1. The molecule has 1 rings (SSSR count). The van der Waals surface area contributed by atoms with Crippen molar-refractivity contribution in [3.63, 3.8) is 0 Å². The predicted molar refractivity (Wildman–Crippen MR) is 66.2 cm³/mol. The molecule has 0 aliphatic rings. The van der Waals surface area contributed by atoms with E-state index in [9.17, 15) is 9.59 Å². The van der Waals surface area contributed by atoms with Crippen LogP contribution in [0.2, 0.25) is 0 Å². The standard InChI is InChI=1S/C13H14N2O3/c1-3-6-9(4-2)14-12(16)10-7-5-8-11(15-10)13(17)18/h1,5,7-9H,4,6H2,2H3,(H,14,16)(H,17,18). The molecular weight excluding hydrogens is 232 g/mol. The monoisotopic (exact) mass is 246 g/mol. The summed E-state index contributed by atoms with van der Waals surface area (Å²) in [6.07, 6.45) is 6.32. The van der Waals surface area contributed by atoms with E-state index < -0.39 is 11.9 Å². The van der Waals surface area contributed by atoms with Gasteiger partial charge in [0.05, 0.1) is 0 Å². The van der Waals surface area contributed by atoms with E-state index in [2.05, 4.69) is 16.2 Å². The number of carbonyl (C=O) groups is 2. The lowest BCUT2D eigenvalue weighted by molar-refractivity contribution is 0.0690. The minimum absolute atomic E-state index is 0.0744. The SMILES string of the molecule is C#CCC(CC)NC(=O)c1cccc(C(=O)O)n1. The van der Waals surface area contributed by atoms with Crippen molar-refractivity contribution >= 4 is 11.9 Å². The Bertz CT molecular complexity index is 491. The molecular formula is C13H14N2O3. The summed E-state index contributed by atoms with van der Waals surface area (Å²) in [5, 5.41) is 11.5. The van der Waals surface area contributed by atoms with Crippen LogP contribution in [0.15, 0.2) is 18.2 Å². The van der Waals surface area contributed by atoms with Crippen LogP contribution < -0.4 is 5.32 Å². The van der Waals surface area contributed by atoms with E-state index in [0.717, 1.165) is 0 Å². The first-order valence-corrected chi connectivity index (χ1v) is 5.53. The maximum atomic E-state index is 11.8. The third-order valence-electron chi connectivity index (χ3n) is 2.39. The number of rotatable bonds is 5. The van der Waals surface area contributed by atoms with Crippen molar-refractivity contribution in [2.75, 3.05) is 0 Å². The zero-order chi connectivity index (χ0) is 13.5. The van der Waals surface area contributed by atoms with Gasteiger partial charge in [0, 0.05) is 12.5 Å². The Hall–Kier alpha value is -2.35. The van der Waals surface area contributed by atoms with Gasteiger partial charge in [0.25, 0.3) is 5.91 Å². The van der Waals surface area contributed by atoms with Gasteiger partial charge in [0.2, 0.25) is 0 Å². The van der Waals surface area contributed by atoms with Gasteiger partial charge in [-0.3, -0.25) is 4.79 Å². The smallest absolute Gasteiger partial charge is 0.354 e. The molecule has 0 spiro atoms. The lowest BCUT2D eigenvalue weighted by Gasteiger charge is -2.13. The maximum Gasteiger partial charge on any atom is 0.354 e. The third kappa shape index (κ3) is 3.59. The highest BCUT2D eigenvalue weighted by atomic mass is 16.4. The van der Waals surface area contributed by atoms with Gasteiger partial charge in [-0.25, -0.2) is 9.78 Å². The number of carboxylic acid groups (broad SMARTS) is 1. The fraction of sp³-hybridized carbons (Fsp3) is 0.308. The number of hydrogen-bond acceptors (Lipinski definition) is 3. The van der Waals surface area contributed by atoms with E-state index in [1.54, 1.807) is 0 Å². The summed E-state index contributed by atoms with van der Waals surface area (Å²) < 4.78 is 0. The molecule has 0 fully saturated rings. The second kappa shape index (κ2) is 6.40. The molecule has 0 radical (unpaired) electrons. The van der Waals surface area contributed by atoms with Gasteiger partial charge < -0.3 is 10.4 Å². The molecule has 0 saturated carbocycles. The Balaban J connectivity index is 2.81. The van der Waals surface area contributed by atoms with Gasteiger partial charge >= 0.3 is 5.97 Å². The van der Waals surface area contributed by atoms with Crippen LogP contribution in [0.1, 0.15) is 40.7 Å². The Labute approximate surface area is 105 Å². The second-order valence-corrected chi connectivity index (χ2v) is 3.70. The number of aromatic nitrogens is 1. The summed E-state index contributed by atoms with van der Waals surface area (Å²) in [6, 6.07) is 4.15. The summed E-state index contributed by atoms with van der Waals surface area (Å²) in [5.74, 6) is 0.893. The molecule has 0 aromatic carbocycles. The van der Waals surface area contributed by atoms with Gasteiger partial charge in [0.15, 0.2) is 0 Å². The molecule has 0 aliphatic carbocycles. The fourth-order valence-corrected chi connectivity index (χ4v) is 1.38. The first-order chi connectivity index (χ1) is 8.58. The van der Waals surface area contributed by atoms with Crippen LogP contribution in [0.3, 0.4) is 0 Å². The van der Waals surface area contributed by atoms with Gasteiger partial charge in [0.1, 0.15) is 11.4 Å². The van der Waals surface area contributed by atoms with Gasteiger partial charge in [-0.15, -0.1) is 12.3 Å². The van der Waals surface area contributed by atoms with Gasteiger partial charge in [-0.2, -0.15) is 0 Å². The van der Waals surface area contributed by atoms with Crippen molar-refractivity contribution in [3.8, 4) is 12.3 Å². The Morgan fingerprint density at radius 3 is 2.72 bits per heavy atom. The molecule has 1 amide bonds. The molecule has 1 aromatic rings. The zero-order valence-corrected chi connectivity index (χ0v) is 10.0. The van der Waals surface area contributed by atoms with Crippen LogP contribution in [0.4, 0.5) is 0 Å². The number of hydrogen-bond donors (Lipinski definition) is 2. The quantitative estimate of drug-likeness (QED) is 0.768. The van der Waals surface area contributed by atoms with Crippen LogP contribution >= 0.6 is 0 Å². The average molecular weight is 246 g/mol. The minimum Gasteiger partial charge on any atom is -0.477 e. The molecule has 1 aromatic heterocycles. The Kier molecular flexibility index (Phi) is 4.88. The number of terminal acetylenes is 1. The number of nitrogens with zero attached hydrogens (tertiary/aromatic N) is 1. The lowest BCUT2D eigenvalue weighted by Crippen LogP contribution is -2.34. The number of aromatic carboxylic acids is 1. The van der Waals surface area contributed by atoms with Crippen molar-refractivity contribution in [2.45, 2.75) is 25.8 Å². The number of carboxylic acids is 1. The lowest BCUT2D eigenvalue weighted by atomic mass is 10.1.